The third kappa shape index (κ3) is 2.56. The van der Waals surface area contributed by atoms with Crippen molar-refractivity contribution in [3.8, 4) is 0 Å². The minimum atomic E-state index is -0.169. The summed E-state index contributed by atoms with van der Waals surface area (Å²) < 4.78 is 1.10. The van der Waals surface area contributed by atoms with Crippen LogP contribution < -0.4 is 5.32 Å². The van der Waals surface area contributed by atoms with Crippen LogP contribution in [0.15, 0.2) is 28.7 Å². The van der Waals surface area contributed by atoms with Gasteiger partial charge in [0.2, 0.25) is 0 Å². The molecule has 3 atom stereocenters. The van der Waals surface area contributed by atoms with E-state index in [4.69, 9.17) is 0 Å². The van der Waals surface area contributed by atoms with Gasteiger partial charge < -0.3 is 10.4 Å². The predicted octanol–water partition coefficient (Wildman–Crippen LogP) is 3.26. The Balaban J connectivity index is 1.98. The van der Waals surface area contributed by atoms with E-state index in [0.717, 1.165) is 10.9 Å². The van der Waals surface area contributed by atoms with Crippen LogP contribution >= 0.6 is 15.9 Å². The summed E-state index contributed by atoms with van der Waals surface area (Å²) in [6.07, 6.45) is 0.686. The van der Waals surface area contributed by atoms with E-state index in [0.29, 0.717) is 12.1 Å². The molecule has 0 amide bonds. The molecule has 17 heavy (non-hydrogen) atoms. The average molecular weight is 298 g/mol. The number of benzene rings is 1. The highest BCUT2D eigenvalue weighted by atomic mass is 79.9. The van der Waals surface area contributed by atoms with Crippen molar-refractivity contribution in [2.75, 3.05) is 0 Å². The Bertz CT molecular complexity index is 388. The van der Waals surface area contributed by atoms with Gasteiger partial charge in [-0.2, -0.15) is 0 Å². The number of aliphatic hydroxyl groups is 1. The second-order valence-corrected chi connectivity index (χ2v) is 6.48. The second kappa shape index (κ2) is 4.71. The molecule has 0 bridgehead atoms. The Kier molecular flexibility index (Phi) is 3.62. The van der Waals surface area contributed by atoms with Gasteiger partial charge in [-0.1, -0.05) is 41.9 Å². The summed E-state index contributed by atoms with van der Waals surface area (Å²) in [5, 5.41) is 13.3. The van der Waals surface area contributed by atoms with Gasteiger partial charge in [-0.3, -0.25) is 0 Å². The normalized spacial score (nSPS) is 28.5. The van der Waals surface area contributed by atoms with E-state index in [1.807, 2.05) is 0 Å². The Hall–Kier alpha value is -0.380. The molecule has 0 aromatic heterocycles. The highest BCUT2D eigenvalue weighted by molar-refractivity contribution is 9.10. The third-order valence-corrected chi connectivity index (χ3v) is 4.57. The van der Waals surface area contributed by atoms with E-state index in [1.54, 1.807) is 0 Å². The highest BCUT2D eigenvalue weighted by Crippen LogP contribution is 2.41. The van der Waals surface area contributed by atoms with Gasteiger partial charge in [0.05, 0.1) is 6.10 Å². The van der Waals surface area contributed by atoms with Crippen LogP contribution in [0.25, 0.3) is 0 Å². The molecule has 0 spiro atoms. The zero-order valence-electron chi connectivity index (χ0n) is 10.6. The molecule has 1 aromatic carbocycles. The number of nitrogens with one attached hydrogen (secondary N) is 1. The van der Waals surface area contributed by atoms with Gasteiger partial charge in [-0.25, -0.2) is 0 Å². The molecule has 1 aliphatic rings. The topological polar surface area (TPSA) is 32.3 Å². The summed E-state index contributed by atoms with van der Waals surface area (Å²) >= 11 is 3.44. The van der Waals surface area contributed by atoms with E-state index in [1.165, 1.54) is 5.56 Å². The number of halogens is 1. The van der Waals surface area contributed by atoms with Gasteiger partial charge in [0, 0.05) is 22.0 Å². The van der Waals surface area contributed by atoms with Crippen molar-refractivity contribution in [3.63, 3.8) is 0 Å². The Morgan fingerprint density at radius 1 is 1.35 bits per heavy atom. The lowest BCUT2D eigenvalue weighted by Crippen LogP contribution is -2.60. The maximum Gasteiger partial charge on any atom is 0.0621 e. The summed E-state index contributed by atoms with van der Waals surface area (Å²) in [5.41, 5.74) is 1.27. The third-order valence-electron chi connectivity index (χ3n) is 4.04. The van der Waals surface area contributed by atoms with E-state index >= 15 is 0 Å². The number of aliphatic hydroxyl groups excluding tert-OH is 1. The van der Waals surface area contributed by atoms with Crippen molar-refractivity contribution < 1.29 is 5.11 Å². The van der Waals surface area contributed by atoms with Crippen molar-refractivity contribution in [3.05, 3.63) is 34.3 Å². The molecule has 1 saturated carbocycles. The summed E-state index contributed by atoms with van der Waals surface area (Å²) in [7, 11) is 0. The lowest BCUT2D eigenvalue weighted by Gasteiger charge is -2.50. The first-order valence-corrected chi connectivity index (χ1v) is 6.90. The van der Waals surface area contributed by atoms with Gasteiger partial charge in [-0.05, 0) is 31.0 Å². The monoisotopic (exact) mass is 297 g/mol. The Labute approximate surface area is 112 Å². The number of hydrogen-bond donors (Lipinski definition) is 2. The molecule has 0 heterocycles. The first kappa shape index (κ1) is 13.1. The average Bonchev–Trinajstić information content (AvgIpc) is 2.29. The van der Waals surface area contributed by atoms with Crippen LogP contribution in [0.5, 0.6) is 0 Å². The first-order chi connectivity index (χ1) is 7.91. The molecule has 0 radical (unpaired) electrons. The minimum Gasteiger partial charge on any atom is -0.392 e. The summed E-state index contributed by atoms with van der Waals surface area (Å²) in [4.78, 5) is 0. The zero-order valence-corrected chi connectivity index (χ0v) is 12.2. The maximum atomic E-state index is 9.72. The SMILES string of the molecule is CC(NC1CC(O)C1(C)C)c1ccc(Br)cc1. The predicted molar refractivity (Wildman–Crippen MR) is 73.9 cm³/mol. The molecule has 2 N–H and O–H groups in total. The maximum absolute atomic E-state index is 9.72. The van der Waals surface area contributed by atoms with Crippen LogP contribution in [0.3, 0.4) is 0 Å². The molecule has 94 valence electrons. The van der Waals surface area contributed by atoms with Crippen molar-refractivity contribution in [1.82, 2.24) is 5.32 Å². The van der Waals surface area contributed by atoms with Gasteiger partial charge in [0.15, 0.2) is 0 Å². The molecule has 0 saturated heterocycles. The van der Waals surface area contributed by atoms with Crippen molar-refractivity contribution in [2.45, 2.75) is 45.4 Å². The van der Waals surface area contributed by atoms with E-state index in [2.05, 4.69) is 66.3 Å². The van der Waals surface area contributed by atoms with Crippen LogP contribution in [0, 0.1) is 5.41 Å². The number of rotatable bonds is 3. The molecule has 2 nitrogen and oxygen atoms in total. The van der Waals surface area contributed by atoms with Crippen LogP contribution in [0.2, 0.25) is 0 Å². The minimum absolute atomic E-state index is 0.0103. The molecule has 3 unspecified atom stereocenters. The first-order valence-electron chi connectivity index (χ1n) is 6.11. The van der Waals surface area contributed by atoms with Gasteiger partial charge in [-0.15, -0.1) is 0 Å². The van der Waals surface area contributed by atoms with Crippen LogP contribution in [-0.4, -0.2) is 17.3 Å². The largest absolute Gasteiger partial charge is 0.392 e. The molecular formula is C14H20BrNO. The fourth-order valence-corrected chi connectivity index (χ4v) is 2.60. The molecule has 1 aromatic rings. The number of hydrogen-bond acceptors (Lipinski definition) is 2. The van der Waals surface area contributed by atoms with E-state index < -0.39 is 0 Å². The lowest BCUT2D eigenvalue weighted by molar-refractivity contribution is -0.0754. The standard InChI is InChI=1S/C14H20BrNO/c1-9(10-4-6-11(15)7-5-10)16-12-8-13(17)14(12,2)3/h4-7,9,12-13,16-17H,8H2,1-3H3. The second-order valence-electron chi connectivity index (χ2n) is 5.57. The highest BCUT2D eigenvalue weighted by Gasteiger charge is 2.47. The van der Waals surface area contributed by atoms with Crippen LogP contribution in [0.1, 0.15) is 38.8 Å². The van der Waals surface area contributed by atoms with E-state index in [9.17, 15) is 5.11 Å². The summed E-state index contributed by atoms with van der Waals surface area (Å²) in [6, 6.07) is 9.10. The van der Waals surface area contributed by atoms with E-state index in [-0.39, 0.29) is 11.5 Å². The molecule has 1 aliphatic carbocycles. The lowest BCUT2D eigenvalue weighted by atomic mass is 9.64. The van der Waals surface area contributed by atoms with Gasteiger partial charge in [0.1, 0.15) is 0 Å². The Morgan fingerprint density at radius 2 is 1.94 bits per heavy atom. The summed E-state index contributed by atoms with van der Waals surface area (Å²) in [6.45, 7) is 6.41. The fraction of sp³-hybridized carbons (Fsp3) is 0.571. The van der Waals surface area contributed by atoms with Crippen LogP contribution in [-0.2, 0) is 0 Å². The van der Waals surface area contributed by atoms with Gasteiger partial charge >= 0.3 is 0 Å². The smallest absolute Gasteiger partial charge is 0.0621 e. The molecule has 1 fully saturated rings. The van der Waals surface area contributed by atoms with Gasteiger partial charge in [0.25, 0.3) is 0 Å². The summed E-state index contributed by atoms with van der Waals surface area (Å²) in [5.74, 6) is 0. The molecule has 0 aliphatic heterocycles. The fourth-order valence-electron chi connectivity index (χ4n) is 2.33. The van der Waals surface area contributed by atoms with Crippen molar-refractivity contribution in [1.29, 1.82) is 0 Å². The van der Waals surface area contributed by atoms with Crippen molar-refractivity contribution >= 4 is 15.9 Å². The molecule has 2 rings (SSSR count). The Morgan fingerprint density at radius 3 is 2.41 bits per heavy atom. The van der Waals surface area contributed by atoms with Crippen molar-refractivity contribution in [2.24, 2.45) is 5.41 Å². The molecule has 3 heteroatoms. The van der Waals surface area contributed by atoms with Crippen LogP contribution in [0.4, 0.5) is 0 Å². The quantitative estimate of drug-likeness (QED) is 0.897. The molecular weight excluding hydrogens is 278 g/mol. The zero-order chi connectivity index (χ0) is 12.6.